The van der Waals surface area contributed by atoms with Crippen LogP contribution in [-0.4, -0.2) is 51.4 Å². The van der Waals surface area contributed by atoms with Gasteiger partial charge in [0.2, 0.25) is 11.8 Å². The number of aryl methyl sites for hydroxylation is 2. The van der Waals surface area contributed by atoms with Gasteiger partial charge >= 0.3 is 0 Å². The van der Waals surface area contributed by atoms with Crippen LogP contribution in [0.3, 0.4) is 0 Å². The predicted octanol–water partition coefficient (Wildman–Crippen LogP) is 5.92. The van der Waals surface area contributed by atoms with Gasteiger partial charge in [-0.1, -0.05) is 86.1 Å². The second kappa shape index (κ2) is 15.6. The lowest BCUT2D eigenvalue weighted by Gasteiger charge is -2.34. The van der Waals surface area contributed by atoms with Gasteiger partial charge in [-0.15, -0.1) is 0 Å². The van der Waals surface area contributed by atoms with Crippen molar-refractivity contribution in [2.75, 3.05) is 24.5 Å². The number of methoxy groups -OCH3 is 1. The van der Waals surface area contributed by atoms with Crippen molar-refractivity contribution >= 4 is 27.5 Å². The monoisotopic (exact) mass is 641 g/mol. The van der Waals surface area contributed by atoms with Crippen molar-refractivity contribution < 1.29 is 22.7 Å². The molecule has 1 unspecified atom stereocenters. The molecule has 0 radical (unpaired) electrons. The molecule has 1 N–H and O–H groups in total. The molecular weight excluding hydrogens is 598 g/mol. The molecule has 0 aromatic heterocycles. The fraction of sp³-hybridized carbons (Fsp3) is 0.297. The van der Waals surface area contributed by atoms with Gasteiger partial charge in [-0.05, 0) is 72.9 Å². The molecule has 0 spiro atoms. The van der Waals surface area contributed by atoms with E-state index in [1.54, 1.807) is 36.4 Å². The summed E-state index contributed by atoms with van der Waals surface area (Å²) in [5, 5.41) is 3.02. The Kier molecular flexibility index (Phi) is 11.6. The molecule has 242 valence electrons. The average Bonchev–Trinajstić information content (AvgIpc) is 3.05. The number of hydrogen-bond acceptors (Lipinski definition) is 5. The number of carbonyl (C=O) groups is 2. The van der Waals surface area contributed by atoms with E-state index in [0.717, 1.165) is 26.6 Å². The Morgan fingerprint density at radius 3 is 2.07 bits per heavy atom. The molecule has 0 saturated carbocycles. The van der Waals surface area contributed by atoms with Gasteiger partial charge in [-0.3, -0.25) is 13.9 Å². The van der Waals surface area contributed by atoms with Crippen LogP contribution in [0, 0.1) is 19.8 Å². The van der Waals surface area contributed by atoms with Crippen LogP contribution < -0.4 is 14.4 Å². The minimum atomic E-state index is -4.18. The molecule has 2 amide bonds. The zero-order valence-electron chi connectivity index (χ0n) is 27.1. The third kappa shape index (κ3) is 8.75. The van der Waals surface area contributed by atoms with Crippen LogP contribution in [0.1, 0.15) is 36.1 Å². The van der Waals surface area contributed by atoms with Crippen LogP contribution in [0.15, 0.2) is 108 Å². The van der Waals surface area contributed by atoms with E-state index in [1.165, 1.54) is 24.1 Å². The molecule has 4 aromatic carbocycles. The maximum absolute atomic E-state index is 14.6. The zero-order chi connectivity index (χ0) is 33.3. The maximum Gasteiger partial charge on any atom is 0.264 e. The van der Waals surface area contributed by atoms with Crippen LogP contribution >= 0.6 is 0 Å². The highest BCUT2D eigenvalue weighted by Crippen LogP contribution is 2.27. The Labute approximate surface area is 273 Å². The number of nitrogens with zero attached hydrogens (tertiary/aromatic N) is 2. The summed E-state index contributed by atoms with van der Waals surface area (Å²) < 4.78 is 34.8. The van der Waals surface area contributed by atoms with E-state index in [-0.39, 0.29) is 29.7 Å². The van der Waals surface area contributed by atoms with Gasteiger partial charge < -0.3 is 15.0 Å². The lowest BCUT2D eigenvalue weighted by Crippen LogP contribution is -2.53. The smallest absolute Gasteiger partial charge is 0.264 e. The number of sulfonamides is 1. The number of benzene rings is 4. The maximum atomic E-state index is 14.6. The van der Waals surface area contributed by atoms with E-state index in [9.17, 15) is 18.0 Å². The normalized spacial score (nSPS) is 12.0. The number of amides is 2. The first-order valence-corrected chi connectivity index (χ1v) is 16.8. The molecule has 0 aliphatic carbocycles. The molecule has 4 rings (SSSR count). The van der Waals surface area contributed by atoms with Crippen LogP contribution in [0.25, 0.3) is 0 Å². The summed E-state index contributed by atoms with van der Waals surface area (Å²) in [6.07, 6.45) is 0.260. The Hall–Kier alpha value is -4.63. The fourth-order valence-electron chi connectivity index (χ4n) is 5.06. The standard InChI is InChI=1S/C37H43N3O5S/c1-27(2)24-38-37(42)35(23-30-12-7-6-8-13-30)39(25-31-14-10-9-11-29(31)4)36(41)26-40(32-17-19-33(45-5)20-18-32)46(43,44)34-21-15-28(3)16-22-34/h6-22,27,35H,23-26H2,1-5H3,(H,38,42). The van der Waals surface area contributed by atoms with Crippen molar-refractivity contribution in [1.29, 1.82) is 0 Å². The van der Waals surface area contributed by atoms with Gasteiger partial charge in [0.05, 0.1) is 17.7 Å². The largest absolute Gasteiger partial charge is 0.497 e. The highest BCUT2D eigenvalue weighted by molar-refractivity contribution is 7.92. The third-order valence-electron chi connectivity index (χ3n) is 7.81. The lowest BCUT2D eigenvalue weighted by molar-refractivity contribution is -0.140. The van der Waals surface area contributed by atoms with Crippen LogP contribution in [-0.2, 0) is 32.6 Å². The Bertz CT molecular complexity index is 1710. The summed E-state index contributed by atoms with van der Waals surface area (Å²) in [5.74, 6) is -0.0481. The molecule has 46 heavy (non-hydrogen) atoms. The third-order valence-corrected chi connectivity index (χ3v) is 9.59. The summed E-state index contributed by atoms with van der Waals surface area (Å²) in [5.41, 5.74) is 3.92. The lowest BCUT2D eigenvalue weighted by atomic mass is 10.0. The van der Waals surface area contributed by atoms with Gasteiger partial charge in [-0.25, -0.2) is 8.42 Å². The molecule has 0 bridgehead atoms. The molecule has 0 heterocycles. The first kappa shape index (κ1) is 34.2. The quantitative estimate of drug-likeness (QED) is 0.185. The topological polar surface area (TPSA) is 96.0 Å². The molecule has 8 nitrogen and oxygen atoms in total. The molecule has 1 atom stereocenters. The molecular formula is C37H43N3O5S. The molecule has 0 saturated heterocycles. The van der Waals surface area contributed by atoms with Crippen LogP contribution in [0.2, 0.25) is 0 Å². The van der Waals surface area contributed by atoms with E-state index < -0.39 is 28.5 Å². The Morgan fingerprint density at radius 1 is 0.826 bits per heavy atom. The van der Waals surface area contributed by atoms with Gasteiger partial charge in [0, 0.05) is 19.5 Å². The second-order valence-electron chi connectivity index (χ2n) is 11.8. The minimum Gasteiger partial charge on any atom is -0.497 e. The number of carbonyl (C=O) groups excluding carboxylic acids is 2. The minimum absolute atomic E-state index is 0.0580. The highest BCUT2D eigenvalue weighted by Gasteiger charge is 2.35. The summed E-state index contributed by atoms with van der Waals surface area (Å²) in [6, 6.07) is 29.4. The van der Waals surface area contributed by atoms with Gasteiger partial charge in [0.15, 0.2) is 0 Å². The first-order chi connectivity index (χ1) is 22.0. The Morgan fingerprint density at radius 2 is 1.46 bits per heavy atom. The number of rotatable bonds is 14. The second-order valence-corrected chi connectivity index (χ2v) is 13.7. The zero-order valence-corrected chi connectivity index (χ0v) is 28.0. The van der Waals surface area contributed by atoms with E-state index in [0.29, 0.717) is 18.0 Å². The summed E-state index contributed by atoms with van der Waals surface area (Å²) >= 11 is 0. The predicted molar refractivity (Wildman–Crippen MR) is 182 cm³/mol. The van der Waals surface area contributed by atoms with Crippen LogP contribution in [0.4, 0.5) is 5.69 Å². The Balaban J connectivity index is 1.81. The molecule has 4 aromatic rings. The van der Waals surface area contributed by atoms with Gasteiger partial charge in [0.25, 0.3) is 10.0 Å². The van der Waals surface area contributed by atoms with Crippen LogP contribution in [0.5, 0.6) is 5.75 Å². The average molecular weight is 642 g/mol. The van der Waals surface area contributed by atoms with Crippen molar-refractivity contribution in [3.63, 3.8) is 0 Å². The van der Waals surface area contributed by atoms with Crippen molar-refractivity contribution in [3.05, 3.63) is 125 Å². The number of hydrogen-bond donors (Lipinski definition) is 1. The molecule has 0 aliphatic heterocycles. The summed E-state index contributed by atoms with van der Waals surface area (Å²) in [4.78, 5) is 30.1. The number of anilines is 1. The van der Waals surface area contributed by atoms with E-state index in [2.05, 4.69) is 5.32 Å². The number of nitrogens with one attached hydrogen (secondary N) is 1. The SMILES string of the molecule is COc1ccc(N(CC(=O)N(Cc2ccccc2C)C(Cc2ccccc2)C(=O)NCC(C)C)S(=O)(=O)c2ccc(C)cc2)cc1. The van der Waals surface area contributed by atoms with Gasteiger partial charge in [0.1, 0.15) is 18.3 Å². The summed E-state index contributed by atoms with van der Waals surface area (Å²) in [6.45, 7) is 7.89. The first-order valence-electron chi connectivity index (χ1n) is 15.4. The molecule has 0 fully saturated rings. The highest BCUT2D eigenvalue weighted by atomic mass is 32.2. The van der Waals surface area contributed by atoms with Gasteiger partial charge in [-0.2, -0.15) is 0 Å². The molecule has 9 heteroatoms. The van der Waals surface area contributed by atoms with E-state index in [1.807, 2.05) is 82.3 Å². The van der Waals surface area contributed by atoms with Crippen molar-refractivity contribution in [1.82, 2.24) is 10.2 Å². The molecule has 0 aliphatic rings. The van der Waals surface area contributed by atoms with E-state index >= 15 is 0 Å². The van der Waals surface area contributed by atoms with E-state index in [4.69, 9.17) is 4.74 Å². The fourth-order valence-corrected chi connectivity index (χ4v) is 6.48. The van der Waals surface area contributed by atoms with Crippen molar-refractivity contribution in [3.8, 4) is 5.75 Å². The number of ether oxygens (including phenoxy) is 1. The van der Waals surface area contributed by atoms with Crippen molar-refractivity contribution in [2.45, 2.75) is 51.6 Å². The van der Waals surface area contributed by atoms with Crippen molar-refractivity contribution in [2.24, 2.45) is 5.92 Å². The summed E-state index contributed by atoms with van der Waals surface area (Å²) in [7, 11) is -2.65.